The second-order valence-corrected chi connectivity index (χ2v) is 6.77. The number of carbonyl (C=O) groups is 3. The molecule has 0 bridgehead atoms. The number of anilines is 2. The van der Waals surface area contributed by atoms with Crippen LogP contribution in [0.25, 0.3) is 0 Å². The molecule has 0 aromatic heterocycles. The molecule has 6 nitrogen and oxygen atoms in total. The molecule has 0 aliphatic rings. The van der Waals surface area contributed by atoms with Gasteiger partial charge in [-0.3, -0.25) is 14.4 Å². The number of rotatable bonds is 7. The number of hydrogen-bond donors (Lipinski definition) is 2. The average Bonchev–Trinajstić information content (AvgIpc) is 2.66. The van der Waals surface area contributed by atoms with Gasteiger partial charge in [0.25, 0.3) is 5.91 Å². The number of esters is 1. The molecule has 0 unspecified atom stereocenters. The zero-order valence-electron chi connectivity index (χ0n) is 15.2. The molecular weight excluding hydrogens is 448 g/mol. The lowest BCUT2D eigenvalue weighted by Gasteiger charge is -2.13. The van der Waals surface area contributed by atoms with Crippen LogP contribution in [0.15, 0.2) is 42.5 Å². The van der Waals surface area contributed by atoms with Crippen molar-refractivity contribution in [2.45, 2.75) is 19.0 Å². The van der Waals surface area contributed by atoms with Crippen LogP contribution >= 0.6 is 23.2 Å². The molecule has 11 heteroatoms. The first kappa shape index (κ1) is 23.5. The first-order chi connectivity index (χ1) is 14.1. The second-order valence-electron chi connectivity index (χ2n) is 5.92. The van der Waals surface area contributed by atoms with Crippen molar-refractivity contribution in [1.82, 2.24) is 0 Å². The van der Waals surface area contributed by atoms with Crippen LogP contribution in [-0.4, -0.2) is 24.4 Å². The summed E-state index contributed by atoms with van der Waals surface area (Å²) >= 11 is 11.7. The lowest BCUT2D eigenvalue weighted by atomic mass is 10.1. The van der Waals surface area contributed by atoms with Crippen LogP contribution in [0.3, 0.4) is 0 Å². The topological polar surface area (TPSA) is 84.5 Å². The van der Waals surface area contributed by atoms with Crippen LogP contribution in [0.5, 0.6) is 0 Å². The van der Waals surface area contributed by atoms with Gasteiger partial charge in [-0.05, 0) is 30.3 Å². The van der Waals surface area contributed by atoms with E-state index in [1.807, 2.05) is 5.32 Å². The summed E-state index contributed by atoms with van der Waals surface area (Å²) in [6.45, 7) is -0.796. The number of para-hydroxylation sites is 1. The third-order valence-corrected chi connectivity index (χ3v) is 4.18. The van der Waals surface area contributed by atoms with Crippen molar-refractivity contribution < 1.29 is 32.3 Å². The van der Waals surface area contributed by atoms with Gasteiger partial charge in [-0.15, -0.1) is 0 Å². The van der Waals surface area contributed by atoms with Crippen molar-refractivity contribution in [3.05, 3.63) is 58.1 Å². The van der Waals surface area contributed by atoms with Crippen molar-refractivity contribution >= 4 is 52.4 Å². The number of amides is 2. The molecule has 0 radical (unpaired) electrons. The summed E-state index contributed by atoms with van der Waals surface area (Å²) in [5.41, 5.74) is -1.17. The molecule has 0 atom stereocenters. The maximum atomic E-state index is 12.9. The fourth-order valence-electron chi connectivity index (χ4n) is 2.26. The standard InChI is InChI=1S/C19H15Cl2F3N2O4/c20-11-5-6-15(13(21)9-11)26-16(27)7-8-18(29)30-10-17(28)25-14-4-2-1-3-12(14)19(22,23)24/h1-6,9H,7-8,10H2,(H,25,28)(H,26,27). The number of benzene rings is 2. The van der Waals surface area contributed by atoms with E-state index in [1.165, 1.54) is 30.3 Å². The molecule has 0 heterocycles. The van der Waals surface area contributed by atoms with Gasteiger partial charge in [-0.1, -0.05) is 35.3 Å². The lowest BCUT2D eigenvalue weighted by molar-refractivity contribution is -0.148. The van der Waals surface area contributed by atoms with Crippen LogP contribution in [0.1, 0.15) is 18.4 Å². The van der Waals surface area contributed by atoms with E-state index in [4.69, 9.17) is 23.2 Å². The monoisotopic (exact) mass is 462 g/mol. The van der Waals surface area contributed by atoms with E-state index in [0.29, 0.717) is 10.7 Å². The molecule has 2 aromatic rings. The maximum absolute atomic E-state index is 12.9. The highest BCUT2D eigenvalue weighted by molar-refractivity contribution is 6.36. The Morgan fingerprint density at radius 3 is 2.23 bits per heavy atom. The zero-order valence-corrected chi connectivity index (χ0v) is 16.7. The Labute approximate surface area is 179 Å². The summed E-state index contributed by atoms with van der Waals surface area (Å²) in [5.74, 6) is -2.34. The SMILES string of the molecule is O=C(CCC(=O)OCC(=O)Nc1ccccc1C(F)(F)F)Nc1ccc(Cl)cc1Cl. The fraction of sp³-hybridized carbons (Fsp3) is 0.211. The fourth-order valence-corrected chi connectivity index (χ4v) is 2.72. The maximum Gasteiger partial charge on any atom is 0.418 e. The van der Waals surface area contributed by atoms with E-state index in [2.05, 4.69) is 10.1 Å². The number of hydrogen-bond acceptors (Lipinski definition) is 4. The number of ether oxygens (including phenoxy) is 1. The molecular formula is C19H15Cl2F3N2O4. The number of alkyl halides is 3. The minimum Gasteiger partial charge on any atom is -0.456 e. The van der Waals surface area contributed by atoms with Crippen molar-refractivity contribution in [1.29, 1.82) is 0 Å². The molecule has 0 fully saturated rings. The van der Waals surface area contributed by atoms with E-state index in [9.17, 15) is 27.6 Å². The highest BCUT2D eigenvalue weighted by atomic mass is 35.5. The predicted octanol–water partition coefficient (Wildman–Crippen LogP) is 4.91. The minimum absolute atomic E-state index is 0.217. The van der Waals surface area contributed by atoms with Crippen LogP contribution < -0.4 is 10.6 Å². The molecule has 0 saturated carbocycles. The quantitative estimate of drug-likeness (QED) is 0.572. The summed E-state index contributed by atoms with van der Waals surface area (Å²) < 4.78 is 43.4. The normalized spacial score (nSPS) is 11.0. The first-order valence-electron chi connectivity index (χ1n) is 8.43. The highest BCUT2D eigenvalue weighted by Gasteiger charge is 2.33. The molecule has 0 saturated heterocycles. The van der Waals surface area contributed by atoms with Crippen molar-refractivity contribution in [2.75, 3.05) is 17.2 Å². The Kier molecular flexibility index (Phi) is 8.08. The summed E-state index contributed by atoms with van der Waals surface area (Å²) in [7, 11) is 0. The molecule has 2 rings (SSSR count). The number of nitrogens with one attached hydrogen (secondary N) is 2. The van der Waals surface area contributed by atoms with Crippen LogP contribution in [0.4, 0.5) is 24.5 Å². The molecule has 0 aliphatic heterocycles. The molecule has 30 heavy (non-hydrogen) atoms. The van der Waals surface area contributed by atoms with E-state index < -0.39 is 41.8 Å². The van der Waals surface area contributed by atoms with E-state index in [0.717, 1.165) is 12.1 Å². The molecule has 0 spiro atoms. The predicted molar refractivity (Wildman–Crippen MR) is 105 cm³/mol. The van der Waals surface area contributed by atoms with Gasteiger partial charge < -0.3 is 15.4 Å². The summed E-state index contributed by atoms with van der Waals surface area (Å²) in [5, 5.41) is 5.13. The Morgan fingerprint density at radius 2 is 1.57 bits per heavy atom. The van der Waals surface area contributed by atoms with Crippen molar-refractivity contribution in [2.24, 2.45) is 0 Å². The third kappa shape index (κ3) is 7.23. The smallest absolute Gasteiger partial charge is 0.418 e. The van der Waals surface area contributed by atoms with Gasteiger partial charge in [0.1, 0.15) is 0 Å². The summed E-state index contributed by atoms with van der Waals surface area (Å²) in [6, 6.07) is 8.84. The average molecular weight is 463 g/mol. The van der Waals surface area contributed by atoms with Gasteiger partial charge in [0, 0.05) is 11.4 Å². The number of halogens is 5. The number of carbonyl (C=O) groups excluding carboxylic acids is 3. The van der Waals surface area contributed by atoms with Crippen molar-refractivity contribution in [3.63, 3.8) is 0 Å². The first-order valence-corrected chi connectivity index (χ1v) is 9.18. The lowest BCUT2D eigenvalue weighted by Crippen LogP contribution is -2.23. The second kappa shape index (κ2) is 10.3. The Morgan fingerprint density at radius 1 is 0.900 bits per heavy atom. The third-order valence-electron chi connectivity index (χ3n) is 3.63. The summed E-state index contributed by atoms with van der Waals surface area (Å²) in [6.07, 6.45) is -5.25. The van der Waals surface area contributed by atoms with E-state index in [1.54, 1.807) is 0 Å². The highest BCUT2D eigenvalue weighted by Crippen LogP contribution is 2.34. The van der Waals surface area contributed by atoms with Gasteiger partial charge >= 0.3 is 12.1 Å². The van der Waals surface area contributed by atoms with Gasteiger partial charge in [-0.25, -0.2) is 0 Å². The molecule has 2 N–H and O–H groups in total. The van der Waals surface area contributed by atoms with Crippen LogP contribution in [-0.2, 0) is 25.3 Å². The Hall–Kier alpha value is -2.78. The van der Waals surface area contributed by atoms with Gasteiger partial charge in [0.15, 0.2) is 6.61 Å². The van der Waals surface area contributed by atoms with Gasteiger partial charge in [-0.2, -0.15) is 13.2 Å². The largest absolute Gasteiger partial charge is 0.456 e. The zero-order chi connectivity index (χ0) is 22.3. The van der Waals surface area contributed by atoms with Crippen LogP contribution in [0, 0.1) is 0 Å². The van der Waals surface area contributed by atoms with Gasteiger partial charge in [0.2, 0.25) is 5.91 Å². The molecule has 2 amide bonds. The molecule has 2 aromatic carbocycles. The Bertz CT molecular complexity index is 952. The van der Waals surface area contributed by atoms with Gasteiger partial charge in [0.05, 0.1) is 28.4 Å². The minimum atomic E-state index is -4.65. The van der Waals surface area contributed by atoms with Crippen molar-refractivity contribution in [3.8, 4) is 0 Å². The summed E-state index contributed by atoms with van der Waals surface area (Å²) in [4.78, 5) is 35.3. The van der Waals surface area contributed by atoms with Crippen LogP contribution in [0.2, 0.25) is 10.0 Å². The van der Waals surface area contributed by atoms with E-state index in [-0.39, 0.29) is 17.9 Å². The molecule has 160 valence electrons. The Balaban J connectivity index is 1.78. The van der Waals surface area contributed by atoms with E-state index >= 15 is 0 Å². The molecule has 0 aliphatic carbocycles.